The van der Waals surface area contributed by atoms with Gasteiger partial charge in [-0.3, -0.25) is 23.7 Å². The quantitative estimate of drug-likeness (QED) is 0.308. The molecule has 0 aromatic carbocycles. The van der Waals surface area contributed by atoms with Gasteiger partial charge in [0, 0.05) is 31.8 Å². The fourth-order valence-electron chi connectivity index (χ4n) is 3.39. The van der Waals surface area contributed by atoms with E-state index in [0.717, 1.165) is 21.5 Å². The van der Waals surface area contributed by atoms with Gasteiger partial charge in [0.1, 0.15) is 23.4 Å². The van der Waals surface area contributed by atoms with E-state index >= 15 is 0 Å². The molecule has 4 rings (SSSR count). The van der Waals surface area contributed by atoms with Crippen molar-refractivity contribution in [1.29, 1.82) is 0 Å². The van der Waals surface area contributed by atoms with Crippen LogP contribution in [0, 0.1) is 0 Å². The molecular formula is C23H21F3N10O3. The second-order valence-corrected chi connectivity index (χ2v) is 8.23. The van der Waals surface area contributed by atoms with Crippen LogP contribution in [0.4, 0.5) is 30.5 Å². The summed E-state index contributed by atoms with van der Waals surface area (Å²) < 4.78 is 40.2. The molecule has 0 radical (unpaired) electrons. The standard InChI is InChI=1S/C23H21F3N10O3/c1-12(32-16-17(27)35(2)22(39)36(20(16)38)11-14-5-3-4-7-28-14)19(37)34-15-6-8-29-18(33-15)13-9-30-21(31-10-13)23(24,25)26/h3-10,12,32H,11,27H2,1-2H3,(H,29,33,34,37). The Bertz CT molecular complexity index is 1620. The van der Waals surface area contributed by atoms with Crippen molar-refractivity contribution in [2.45, 2.75) is 25.7 Å². The minimum atomic E-state index is -4.70. The Morgan fingerprint density at radius 3 is 2.44 bits per heavy atom. The molecule has 1 atom stereocenters. The number of amides is 1. The number of alkyl halides is 3. The van der Waals surface area contributed by atoms with Crippen molar-refractivity contribution in [2.75, 3.05) is 16.4 Å². The van der Waals surface area contributed by atoms with Gasteiger partial charge in [-0.2, -0.15) is 13.2 Å². The molecule has 13 nitrogen and oxygen atoms in total. The lowest BCUT2D eigenvalue weighted by atomic mass is 10.2. The van der Waals surface area contributed by atoms with Gasteiger partial charge < -0.3 is 16.4 Å². The molecular weight excluding hydrogens is 521 g/mol. The summed E-state index contributed by atoms with van der Waals surface area (Å²) in [6, 6.07) is 5.38. The van der Waals surface area contributed by atoms with Crippen LogP contribution in [-0.4, -0.2) is 46.0 Å². The normalized spacial score (nSPS) is 12.1. The first kappa shape index (κ1) is 26.9. The summed E-state index contributed by atoms with van der Waals surface area (Å²) in [5.74, 6) is -2.12. The summed E-state index contributed by atoms with van der Waals surface area (Å²) in [6.45, 7) is 1.34. The molecule has 4 aromatic rings. The number of carbonyl (C=O) groups is 1. The summed E-state index contributed by atoms with van der Waals surface area (Å²) in [4.78, 5) is 57.4. The van der Waals surface area contributed by atoms with Crippen molar-refractivity contribution in [1.82, 2.24) is 34.1 Å². The van der Waals surface area contributed by atoms with Gasteiger partial charge in [0.15, 0.2) is 5.82 Å². The van der Waals surface area contributed by atoms with Gasteiger partial charge in [0.2, 0.25) is 11.7 Å². The SMILES string of the molecule is CC(Nc1c(N)n(C)c(=O)n(Cc2ccccn2)c1=O)C(=O)Nc1ccnc(-c2cnc(C(F)(F)F)nc2)n1. The Morgan fingerprint density at radius 2 is 1.79 bits per heavy atom. The number of nitrogen functional groups attached to an aromatic ring is 1. The van der Waals surface area contributed by atoms with E-state index in [1.54, 1.807) is 18.2 Å². The van der Waals surface area contributed by atoms with Crippen LogP contribution >= 0.6 is 0 Å². The molecule has 4 heterocycles. The molecule has 0 saturated carbocycles. The highest BCUT2D eigenvalue weighted by molar-refractivity contribution is 5.96. The molecule has 16 heteroatoms. The number of nitrogens with two attached hydrogens (primary N) is 1. The molecule has 0 saturated heterocycles. The number of carbonyl (C=O) groups excluding carboxylic acids is 1. The maximum absolute atomic E-state index is 13.1. The van der Waals surface area contributed by atoms with Gasteiger partial charge in [-0.05, 0) is 25.1 Å². The number of aromatic nitrogens is 7. The highest BCUT2D eigenvalue weighted by atomic mass is 19.4. The third-order valence-corrected chi connectivity index (χ3v) is 5.47. The Morgan fingerprint density at radius 1 is 1.08 bits per heavy atom. The van der Waals surface area contributed by atoms with Crippen molar-refractivity contribution in [3.05, 3.63) is 81.4 Å². The van der Waals surface area contributed by atoms with E-state index in [2.05, 4.69) is 35.6 Å². The number of anilines is 3. The molecule has 1 amide bonds. The minimum Gasteiger partial charge on any atom is -0.383 e. The number of nitrogens with zero attached hydrogens (tertiary/aromatic N) is 7. The van der Waals surface area contributed by atoms with Crippen LogP contribution in [0.3, 0.4) is 0 Å². The van der Waals surface area contributed by atoms with Crippen LogP contribution in [0.1, 0.15) is 18.4 Å². The van der Waals surface area contributed by atoms with E-state index in [1.807, 2.05) is 0 Å². The number of rotatable bonds is 7. The molecule has 0 fully saturated rings. The van der Waals surface area contributed by atoms with E-state index in [0.29, 0.717) is 5.69 Å². The van der Waals surface area contributed by atoms with Crippen LogP contribution in [0.5, 0.6) is 0 Å². The van der Waals surface area contributed by atoms with Crippen molar-refractivity contribution in [3.8, 4) is 11.4 Å². The third kappa shape index (κ3) is 5.89. The summed E-state index contributed by atoms with van der Waals surface area (Å²) in [5, 5.41) is 5.26. The number of pyridine rings is 1. The molecule has 0 aliphatic heterocycles. The van der Waals surface area contributed by atoms with Gasteiger partial charge in [0.05, 0.1) is 17.8 Å². The summed E-state index contributed by atoms with van der Waals surface area (Å²) >= 11 is 0. The summed E-state index contributed by atoms with van der Waals surface area (Å²) in [6.07, 6.45) is -0.0565. The molecule has 1 unspecified atom stereocenters. The van der Waals surface area contributed by atoms with Crippen molar-refractivity contribution >= 4 is 23.2 Å². The van der Waals surface area contributed by atoms with Crippen LogP contribution in [0.25, 0.3) is 11.4 Å². The van der Waals surface area contributed by atoms with Crippen molar-refractivity contribution < 1.29 is 18.0 Å². The van der Waals surface area contributed by atoms with E-state index in [4.69, 9.17) is 5.73 Å². The third-order valence-electron chi connectivity index (χ3n) is 5.47. The molecule has 0 aliphatic carbocycles. The van der Waals surface area contributed by atoms with E-state index < -0.39 is 35.2 Å². The highest BCUT2D eigenvalue weighted by Gasteiger charge is 2.34. The first-order valence-corrected chi connectivity index (χ1v) is 11.2. The zero-order chi connectivity index (χ0) is 28.3. The van der Waals surface area contributed by atoms with Crippen molar-refractivity contribution in [2.24, 2.45) is 7.05 Å². The van der Waals surface area contributed by atoms with E-state index in [1.165, 1.54) is 32.4 Å². The Labute approximate surface area is 217 Å². The molecule has 0 bridgehead atoms. The molecule has 4 aromatic heterocycles. The van der Waals surface area contributed by atoms with Crippen molar-refractivity contribution in [3.63, 3.8) is 0 Å². The second-order valence-electron chi connectivity index (χ2n) is 8.23. The first-order chi connectivity index (χ1) is 18.5. The topological polar surface area (TPSA) is 176 Å². The average Bonchev–Trinajstić information content (AvgIpc) is 2.92. The maximum Gasteiger partial charge on any atom is 0.451 e. The Hall–Kier alpha value is -5.15. The number of hydrogen-bond donors (Lipinski definition) is 3. The molecule has 0 aliphatic rings. The highest BCUT2D eigenvalue weighted by Crippen LogP contribution is 2.26. The van der Waals surface area contributed by atoms with E-state index in [9.17, 15) is 27.6 Å². The lowest BCUT2D eigenvalue weighted by Crippen LogP contribution is -2.43. The van der Waals surface area contributed by atoms with Crippen LogP contribution in [0.2, 0.25) is 0 Å². The number of nitrogens with one attached hydrogen (secondary N) is 2. The smallest absolute Gasteiger partial charge is 0.383 e. The van der Waals surface area contributed by atoms with Gasteiger partial charge >= 0.3 is 11.9 Å². The zero-order valence-corrected chi connectivity index (χ0v) is 20.5. The first-order valence-electron chi connectivity index (χ1n) is 11.2. The van der Waals surface area contributed by atoms with Crippen LogP contribution < -0.4 is 27.6 Å². The fraction of sp³-hybridized carbons (Fsp3) is 0.217. The maximum atomic E-state index is 13.1. The zero-order valence-electron chi connectivity index (χ0n) is 20.5. The Kier molecular flexibility index (Phi) is 7.37. The average molecular weight is 542 g/mol. The molecule has 0 spiro atoms. The largest absolute Gasteiger partial charge is 0.451 e. The predicted octanol–water partition coefficient (Wildman–Crippen LogP) is 1.28. The van der Waals surface area contributed by atoms with Crippen LogP contribution in [-0.2, 0) is 24.6 Å². The number of hydrogen-bond acceptors (Lipinski definition) is 10. The van der Waals surface area contributed by atoms with Gasteiger partial charge in [-0.1, -0.05) is 6.07 Å². The van der Waals surface area contributed by atoms with Gasteiger partial charge in [-0.15, -0.1) is 0 Å². The predicted molar refractivity (Wildman–Crippen MR) is 133 cm³/mol. The van der Waals surface area contributed by atoms with Gasteiger partial charge in [0.25, 0.3) is 5.56 Å². The minimum absolute atomic E-state index is 0.0261. The monoisotopic (exact) mass is 542 g/mol. The molecule has 4 N–H and O–H groups in total. The Balaban J connectivity index is 1.53. The van der Waals surface area contributed by atoms with Gasteiger partial charge in [-0.25, -0.2) is 24.7 Å². The second kappa shape index (κ2) is 10.7. The fourth-order valence-corrected chi connectivity index (χ4v) is 3.39. The van der Waals surface area contributed by atoms with E-state index in [-0.39, 0.29) is 35.3 Å². The summed E-state index contributed by atoms with van der Waals surface area (Å²) in [7, 11) is 1.38. The molecule has 202 valence electrons. The lowest BCUT2D eigenvalue weighted by Gasteiger charge is -2.19. The number of halogens is 3. The molecule has 39 heavy (non-hydrogen) atoms. The lowest BCUT2D eigenvalue weighted by molar-refractivity contribution is -0.145. The van der Waals surface area contributed by atoms with Crippen LogP contribution in [0.15, 0.2) is 58.6 Å². The summed E-state index contributed by atoms with van der Waals surface area (Å²) in [5.41, 5.74) is 5.00.